The van der Waals surface area contributed by atoms with Gasteiger partial charge < -0.3 is 5.32 Å². The van der Waals surface area contributed by atoms with Crippen molar-refractivity contribution in [3.63, 3.8) is 0 Å². The molecule has 5 heteroatoms. The molecule has 0 saturated carbocycles. The average molecular weight is 246 g/mol. The summed E-state index contributed by atoms with van der Waals surface area (Å²) in [6.07, 6.45) is -2.31. The van der Waals surface area contributed by atoms with Crippen molar-refractivity contribution in [3.8, 4) is 0 Å². The Morgan fingerprint density at radius 2 is 2.06 bits per heavy atom. The summed E-state index contributed by atoms with van der Waals surface area (Å²) < 4.78 is 26.3. The number of nitrogens with zero attached hydrogens (tertiary/aromatic N) is 1. The van der Waals surface area contributed by atoms with Gasteiger partial charge in [0.15, 0.2) is 0 Å². The molecule has 0 aromatic carbocycles. The summed E-state index contributed by atoms with van der Waals surface area (Å²) in [4.78, 5) is 2.71. The molecule has 2 heterocycles. The Bertz CT molecular complexity index is 334. The van der Waals surface area contributed by atoms with Crippen LogP contribution in [0.4, 0.5) is 8.78 Å². The van der Waals surface area contributed by atoms with Gasteiger partial charge in [-0.3, -0.25) is 4.90 Å². The Kier molecular flexibility index (Phi) is 3.89. The second kappa shape index (κ2) is 5.21. The van der Waals surface area contributed by atoms with Gasteiger partial charge in [0.1, 0.15) is 6.04 Å². The van der Waals surface area contributed by atoms with E-state index in [0.29, 0.717) is 13.1 Å². The minimum absolute atomic E-state index is 0.701. The lowest BCUT2D eigenvalue weighted by Gasteiger charge is -2.34. The highest BCUT2D eigenvalue weighted by Crippen LogP contribution is 2.33. The van der Waals surface area contributed by atoms with Gasteiger partial charge in [-0.2, -0.15) is 0 Å². The molecule has 0 amide bonds. The van der Waals surface area contributed by atoms with E-state index in [4.69, 9.17) is 0 Å². The first-order valence-corrected chi connectivity index (χ1v) is 6.35. The summed E-state index contributed by atoms with van der Waals surface area (Å²) in [6.45, 7) is 4.91. The van der Waals surface area contributed by atoms with E-state index in [1.807, 2.05) is 23.3 Å². The van der Waals surface area contributed by atoms with Crippen LogP contribution in [-0.4, -0.2) is 37.5 Å². The predicted octanol–water partition coefficient (Wildman–Crippen LogP) is 2.27. The van der Waals surface area contributed by atoms with E-state index in [1.54, 1.807) is 0 Å². The Balaban J connectivity index is 2.19. The highest BCUT2D eigenvalue weighted by atomic mass is 32.1. The van der Waals surface area contributed by atoms with Crippen molar-refractivity contribution in [2.75, 3.05) is 26.2 Å². The first-order valence-electron chi connectivity index (χ1n) is 5.47. The Labute approximate surface area is 98.3 Å². The average Bonchev–Trinajstić information content (AvgIpc) is 2.66. The molecule has 16 heavy (non-hydrogen) atoms. The molecule has 1 aliphatic heterocycles. The van der Waals surface area contributed by atoms with Crippen molar-refractivity contribution in [2.45, 2.75) is 19.4 Å². The largest absolute Gasteiger partial charge is 0.314 e. The minimum Gasteiger partial charge on any atom is -0.314 e. The SMILES string of the molecule is Cc1ccsc1[C@@H](C(F)F)N1CCNCC1. The molecule has 2 rings (SSSR count). The number of nitrogens with one attached hydrogen (secondary N) is 1. The van der Waals surface area contributed by atoms with Gasteiger partial charge in [-0.1, -0.05) is 0 Å². The van der Waals surface area contributed by atoms with Crippen molar-refractivity contribution in [2.24, 2.45) is 0 Å². The molecule has 0 aliphatic carbocycles. The Morgan fingerprint density at radius 1 is 1.38 bits per heavy atom. The molecular formula is C11H16F2N2S. The molecule has 1 saturated heterocycles. The highest BCUT2D eigenvalue weighted by molar-refractivity contribution is 7.10. The summed E-state index contributed by atoms with van der Waals surface area (Å²) in [5, 5.41) is 5.08. The maximum atomic E-state index is 13.2. The number of piperazine rings is 1. The molecule has 0 spiro atoms. The molecule has 1 aromatic rings. The molecule has 1 N–H and O–H groups in total. The van der Waals surface area contributed by atoms with Crippen molar-refractivity contribution in [1.29, 1.82) is 0 Å². The van der Waals surface area contributed by atoms with E-state index in [9.17, 15) is 8.78 Å². The second-order valence-electron chi connectivity index (χ2n) is 4.03. The van der Waals surface area contributed by atoms with E-state index < -0.39 is 12.5 Å². The summed E-state index contributed by atoms with van der Waals surface area (Å²) in [5.74, 6) is 0. The first-order chi connectivity index (χ1) is 7.70. The molecule has 1 atom stereocenters. The van der Waals surface area contributed by atoms with Crippen LogP contribution < -0.4 is 5.32 Å². The number of aryl methyl sites for hydroxylation is 1. The summed E-state index contributed by atoms with van der Waals surface area (Å²) in [6, 6.07) is 1.19. The normalized spacial score (nSPS) is 20.2. The zero-order valence-electron chi connectivity index (χ0n) is 9.25. The van der Waals surface area contributed by atoms with Gasteiger partial charge >= 0.3 is 0 Å². The fourth-order valence-corrected chi connectivity index (χ4v) is 3.15. The second-order valence-corrected chi connectivity index (χ2v) is 4.98. The molecule has 1 fully saturated rings. The Hall–Kier alpha value is -0.520. The van der Waals surface area contributed by atoms with Gasteiger partial charge in [0.2, 0.25) is 0 Å². The van der Waals surface area contributed by atoms with Gasteiger partial charge in [0, 0.05) is 31.1 Å². The van der Waals surface area contributed by atoms with Crippen LogP contribution in [0.15, 0.2) is 11.4 Å². The van der Waals surface area contributed by atoms with Gasteiger partial charge in [0.25, 0.3) is 6.43 Å². The van der Waals surface area contributed by atoms with Crippen LogP contribution in [0, 0.1) is 6.92 Å². The Morgan fingerprint density at radius 3 is 2.56 bits per heavy atom. The summed E-state index contributed by atoms with van der Waals surface area (Å²) in [7, 11) is 0. The predicted molar refractivity (Wildman–Crippen MR) is 62.2 cm³/mol. The number of halogens is 2. The molecule has 90 valence electrons. The number of rotatable bonds is 3. The van der Waals surface area contributed by atoms with E-state index in [1.165, 1.54) is 11.3 Å². The lowest BCUT2D eigenvalue weighted by Crippen LogP contribution is -2.46. The van der Waals surface area contributed by atoms with Gasteiger partial charge in [-0.25, -0.2) is 8.78 Å². The topological polar surface area (TPSA) is 15.3 Å². The van der Waals surface area contributed by atoms with E-state index in [0.717, 1.165) is 23.5 Å². The molecular weight excluding hydrogens is 230 g/mol. The summed E-state index contributed by atoms with van der Waals surface area (Å²) >= 11 is 1.44. The van der Waals surface area contributed by atoms with E-state index >= 15 is 0 Å². The van der Waals surface area contributed by atoms with Gasteiger partial charge in [-0.15, -0.1) is 11.3 Å². The van der Waals surface area contributed by atoms with Crippen LogP contribution >= 0.6 is 11.3 Å². The zero-order valence-corrected chi connectivity index (χ0v) is 10.1. The maximum Gasteiger partial charge on any atom is 0.258 e. The van der Waals surface area contributed by atoms with Crippen LogP contribution in [0.2, 0.25) is 0 Å². The maximum absolute atomic E-state index is 13.2. The van der Waals surface area contributed by atoms with Crippen LogP contribution in [0.25, 0.3) is 0 Å². The van der Waals surface area contributed by atoms with E-state index in [2.05, 4.69) is 5.32 Å². The monoisotopic (exact) mass is 246 g/mol. The third kappa shape index (κ3) is 2.42. The first kappa shape index (κ1) is 12.0. The molecule has 1 aliphatic rings. The number of thiophene rings is 1. The zero-order chi connectivity index (χ0) is 11.5. The standard InChI is InChI=1S/C11H16F2N2S/c1-8-2-7-16-10(8)9(11(12)13)15-5-3-14-4-6-15/h2,7,9,11,14H,3-6H2,1H3/t9-/m0/s1. The number of hydrogen-bond donors (Lipinski definition) is 1. The third-order valence-corrected chi connectivity index (χ3v) is 4.04. The molecule has 2 nitrogen and oxygen atoms in total. The van der Waals surface area contributed by atoms with Gasteiger partial charge in [0.05, 0.1) is 0 Å². The van der Waals surface area contributed by atoms with Gasteiger partial charge in [-0.05, 0) is 23.9 Å². The lowest BCUT2D eigenvalue weighted by molar-refractivity contribution is 0.0197. The lowest BCUT2D eigenvalue weighted by atomic mass is 10.1. The molecule has 0 radical (unpaired) electrons. The quantitative estimate of drug-likeness (QED) is 0.880. The number of alkyl halides is 2. The molecule has 1 aromatic heterocycles. The van der Waals surface area contributed by atoms with Crippen LogP contribution in [0.3, 0.4) is 0 Å². The number of hydrogen-bond acceptors (Lipinski definition) is 3. The van der Waals surface area contributed by atoms with Crippen molar-refractivity contribution >= 4 is 11.3 Å². The highest BCUT2D eigenvalue weighted by Gasteiger charge is 2.31. The summed E-state index contributed by atoms with van der Waals surface area (Å²) in [5.41, 5.74) is 0.980. The van der Waals surface area contributed by atoms with Crippen LogP contribution in [0.1, 0.15) is 16.5 Å². The minimum atomic E-state index is -2.31. The van der Waals surface area contributed by atoms with Crippen LogP contribution in [-0.2, 0) is 0 Å². The van der Waals surface area contributed by atoms with Crippen molar-refractivity contribution < 1.29 is 8.78 Å². The van der Waals surface area contributed by atoms with Crippen molar-refractivity contribution in [1.82, 2.24) is 10.2 Å². The van der Waals surface area contributed by atoms with Crippen LogP contribution in [0.5, 0.6) is 0 Å². The molecule has 0 unspecified atom stereocenters. The van der Waals surface area contributed by atoms with Crippen molar-refractivity contribution in [3.05, 3.63) is 21.9 Å². The fraction of sp³-hybridized carbons (Fsp3) is 0.636. The van der Waals surface area contributed by atoms with E-state index in [-0.39, 0.29) is 0 Å². The molecule has 0 bridgehead atoms. The third-order valence-electron chi connectivity index (χ3n) is 2.95. The fourth-order valence-electron chi connectivity index (χ4n) is 2.09. The smallest absolute Gasteiger partial charge is 0.258 e.